The number of likely N-dealkylation sites (tertiary alicyclic amines) is 1. The van der Waals surface area contributed by atoms with Crippen molar-refractivity contribution in [3.8, 4) is 5.75 Å². The van der Waals surface area contributed by atoms with Gasteiger partial charge in [0.25, 0.3) is 5.91 Å². The Morgan fingerprint density at radius 3 is 2.38 bits per heavy atom. The van der Waals surface area contributed by atoms with Crippen LogP contribution in [0.4, 0.5) is 0 Å². The zero-order chi connectivity index (χ0) is 27.8. The highest BCUT2D eigenvalue weighted by Gasteiger charge is 2.33. The van der Waals surface area contributed by atoms with Crippen molar-refractivity contribution in [2.75, 3.05) is 39.9 Å². The van der Waals surface area contributed by atoms with E-state index >= 15 is 0 Å². The smallest absolute Gasteiger partial charge is 0.255 e. The molecule has 0 saturated carbocycles. The summed E-state index contributed by atoms with van der Waals surface area (Å²) >= 11 is 0. The number of benzene rings is 2. The summed E-state index contributed by atoms with van der Waals surface area (Å²) in [4.78, 5) is 56.6. The minimum atomic E-state index is -1.13. The zero-order valence-corrected chi connectivity index (χ0v) is 22.2. The number of aliphatic hydroxyl groups is 1. The van der Waals surface area contributed by atoms with Crippen LogP contribution in [0.5, 0.6) is 5.75 Å². The Hall–Kier alpha value is -3.92. The molecule has 2 heterocycles. The molecule has 0 aliphatic carbocycles. The molecule has 2 atom stereocenters. The molecule has 0 bridgehead atoms. The zero-order valence-electron chi connectivity index (χ0n) is 22.2. The molecule has 208 valence electrons. The standard InChI is InChI=1S/C29H36N4O6/c1-32-15-16-39-25-10-6-5-9-22(25)27(36)31-24(29(38)33-13-11-21(19-34)12-14-33)18-26(35)30-23(28(32)37)17-20-7-3-2-4-8-20/h2-10,21,23-24,34H,11-19H2,1H3,(H,30,35)(H,31,36)/t23-,24-/m0/s1. The SMILES string of the molecule is CN1CCOc2ccccc2C(=O)N[C@H](C(=O)N2CCC(CO)CC2)CC(=O)N[C@@H](Cc2ccccc2)C1=O. The number of amides is 4. The number of rotatable bonds is 4. The molecule has 2 aliphatic rings. The first-order valence-corrected chi connectivity index (χ1v) is 13.4. The first-order valence-electron chi connectivity index (χ1n) is 13.4. The number of piperidine rings is 1. The Bertz CT molecular complexity index is 1170. The van der Waals surface area contributed by atoms with E-state index in [4.69, 9.17) is 4.74 Å². The summed E-state index contributed by atoms with van der Waals surface area (Å²) in [7, 11) is 1.64. The number of aliphatic hydroxyl groups excluding tert-OH is 1. The van der Waals surface area contributed by atoms with Crippen molar-refractivity contribution in [3.63, 3.8) is 0 Å². The Morgan fingerprint density at radius 1 is 0.974 bits per heavy atom. The van der Waals surface area contributed by atoms with Crippen LogP contribution in [-0.4, -0.2) is 90.5 Å². The Labute approximate surface area is 228 Å². The quantitative estimate of drug-likeness (QED) is 0.535. The van der Waals surface area contributed by atoms with E-state index in [2.05, 4.69) is 10.6 Å². The number of ether oxygens (including phenoxy) is 1. The van der Waals surface area contributed by atoms with Crippen molar-refractivity contribution in [2.24, 2.45) is 5.92 Å². The second-order valence-corrected chi connectivity index (χ2v) is 10.1. The van der Waals surface area contributed by atoms with Crippen molar-refractivity contribution < 1.29 is 29.0 Å². The molecule has 1 fully saturated rings. The van der Waals surface area contributed by atoms with Gasteiger partial charge in [0.15, 0.2) is 0 Å². The van der Waals surface area contributed by atoms with Crippen LogP contribution in [0.25, 0.3) is 0 Å². The average Bonchev–Trinajstić information content (AvgIpc) is 2.96. The number of likely N-dealkylation sites (N-methyl/N-ethyl adjacent to an activating group) is 1. The first kappa shape index (κ1) is 28.1. The number of carbonyl (C=O) groups is 4. The molecule has 4 amide bonds. The molecule has 0 unspecified atom stereocenters. The van der Waals surface area contributed by atoms with Crippen LogP contribution in [0.1, 0.15) is 35.2 Å². The maximum atomic E-state index is 13.5. The normalized spacial score (nSPS) is 21.7. The van der Waals surface area contributed by atoms with Gasteiger partial charge in [0.2, 0.25) is 17.7 Å². The van der Waals surface area contributed by atoms with Gasteiger partial charge < -0.3 is 30.3 Å². The predicted molar refractivity (Wildman–Crippen MR) is 144 cm³/mol. The largest absolute Gasteiger partial charge is 0.491 e. The van der Waals surface area contributed by atoms with E-state index in [9.17, 15) is 24.3 Å². The molecular weight excluding hydrogens is 500 g/mol. The minimum Gasteiger partial charge on any atom is -0.491 e. The van der Waals surface area contributed by atoms with Gasteiger partial charge in [0.05, 0.1) is 18.5 Å². The summed E-state index contributed by atoms with van der Waals surface area (Å²) in [6.45, 7) is 1.31. The lowest BCUT2D eigenvalue weighted by molar-refractivity contribution is -0.138. The lowest BCUT2D eigenvalue weighted by Crippen LogP contribution is -2.54. The molecular formula is C29H36N4O6. The van der Waals surface area contributed by atoms with E-state index in [1.165, 1.54) is 4.90 Å². The van der Waals surface area contributed by atoms with Crippen LogP contribution in [0, 0.1) is 5.92 Å². The Morgan fingerprint density at radius 2 is 1.67 bits per heavy atom. The summed E-state index contributed by atoms with van der Waals surface area (Å²) in [5.41, 5.74) is 1.12. The van der Waals surface area contributed by atoms with Crippen molar-refractivity contribution in [2.45, 2.75) is 37.8 Å². The molecule has 0 aromatic heterocycles. The third-order valence-corrected chi connectivity index (χ3v) is 7.29. The average molecular weight is 537 g/mol. The number of nitrogens with one attached hydrogen (secondary N) is 2. The van der Waals surface area contributed by atoms with Gasteiger partial charge >= 0.3 is 0 Å². The lowest BCUT2D eigenvalue weighted by atomic mass is 9.97. The van der Waals surface area contributed by atoms with Crippen molar-refractivity contribution in [1.29, 1.82) is 0 Å². The fourth-order valence-corrected chi connectivity index (χ4v) is 4.93. The second-order valence-electron chi connectivity index (χ2n) is 10.1. The number of nitrogens with zero attached hydrogens (tertiary/aromatic N) is 2. The predicted octanol–water partition coefficient (Wildman–Crippen LogP) is 0.984. The fraction of sp³-hybridized carbons (Fsp3) is 0.448. The molecule has 2 aliphatic heterocycles. The van der Waals surface area contributed by atoms with Crippen molar-refractivity contribution in [3.05, 3.63) is 65.7 Å². The Balaban J connectivity index is 1.61. The molecule has 2 aromatic carbocycles. The van der Waals surface area contributed by atoms with Crippen molar-refractivity contribution in [1.82, 2.24) is 20.4 Å². The number of hydrogen-bond donors (Lipinski definition) is 3. The van der Waals surface area contributed by atoms with Crippen LogP contribution < -0.4 is 15.4 Å². The van der Waals surface area contributed by atoms with Crippen LogP contribution in [0.15, 0.2) is 54.6 Å². The summed E-state index contributed by atoms with van der Waals surface area (Å²) in [6.07, 6.45) is 1.24. The Kier molecular flexibility index (Phi) is 9.54. The molecule has 10 heteroatoms. The highest BCUT2D eigenvalue weighted by atomic mass is 16.5. The first-order chi connectivity index (χ1) is 18.9. The van der Waals surface area contributed by atoms with Gasteiger partial charge in [0, 0.05) is 33.2 Å². The summed E-state index contributed by atoms with van der Waals surface area (Å²) in [5.74, 6) is -1.23. The second kappa shape index (κ2) is 13.2. The number of para-hydroxylation sites is 1. The monoisotopic (exact) mass is 536 g/mol. The van der Waals surface area contributed by atoms with Gasteiger partial charge in [-0.05, 0) is 36.5 Å². The number of carbonyl (C=O) groups excluding carboxylic acids is 4. The molecule has 3 N–H and O–H groups in total. The van der Waals surface area contributed by atoms with Gasteiger partial charge in [-0.25, -0.2) is 0 Å². The summed E-state index contributed by atoms with van der Waals surface area (Å²) in [5, 5.41) is 15.0. The summed E-state index contributed by atoms with van der Waals surface area (Å²) < 4.78 is 5.87. The van der Waals surface area contributed by atoms with Gasteiger partial charge in [-0.1, -0.05) is 42.5 Å². The highest BCUT2D eigenvalue weighted by Crippen LogP contribution is 2.21. The van der Waals surface area contributed by atoms with Crippen LogP contribution in [-0.2, 0) is 20.8 Å². The van der Waals surface area contributed by atoms with Gasteiger partial charge in [-0.15, -0.1) is 0 Å². The van der Waals surface area contributed by atoms with E-state index in [0.29, 0.717) is 31.7 Å². The molecule has 1 saturated heterocycles. The van der Waals surface area contributed by atoms with E-state index in [1.807, 2.05) is 30.3 Å². The van der Waals surface area contributed by atoms with E-state index in [-0.39, 0.29) is 55.9 Å². The molecule has 10 nitrogen and oxygen atoms in total. The number of fused-ring (bicyclic) bond motifs is 1. The van der Waals surface area contributed by atoms with Crippen LogP contribution >= 0.6 is 0 Å². The summed E-state index contributed by atoms with van der Waals surface area (Å²) in [6, 6.07) is 14.1. The highest BCUT2D eigenvalue weighted by molar-refractivity contribution is 6.01. The maximum absolute atomic E-state index is 13.5. The van der Waals surface area contributed by atoms with E-state index in [1.54, 1.807) is 36.2 Å². The van der Waals surface area contributed by atoms with Crippen LogP contribution in [0.2, 0.25) is 0 Å². The van der Waals surface area contributed by atoms with Gasteiger partial charge in [-0.2, -0.15) is 0 Å². The lowest BCUT2D eigenvalue weighted by Gasteiger charge is -2.34. The molecule has 2 aromatic rings. The fourth-order valence-electron chi connectivity index (χ4n) is 4.93. The van der Waals surface area contributed by atoms with Gasteiger partial charge in [0.1, 0.15) is 24.4 Å². The third kappa shape index (κ3) is 7.35. The minimum absolute atomic E-state index is 0.0622. The maximum Gasteiger partial charge on any atom is 0.255 e. The topological polar surface area (TPSA) is 128 Å². The molecule has 4 rings (SSSR count). The number of hydrogen-bond acceptors (Lipinski definition) is 6. The van der Waals surface area contributed by atoms with Crippen LogP contribution in [0.3, 0.4) is 0 Å². The van der Waals surface area contributed by atoms with E-state index < -0.39 is 23.9 Å². The third-order valence-electron chi connectivity index (χ3n) is 7.29. The molecule has 0 spiro atoms. The molecule has 0 radical (unpaired) electrons. The molecule has 39 heavy (non-hydrogen) atoms. The van der Waals surface area contributed by atoms with E-state index in [0.717, 1.165) is 5.56 Å². The van der Waals surface area contributed by atoms with Crippen molar-refractivity contribution >= 4 is 23.6 Å². The van der Waals surface area contributed by atoms with Gasteiger partial charge in [-0.3, -0.25) is 19.2 Å².